The summed E-state index contributed by atoms with van der Waals surface area (Å²) >= 11 is 0. The summed E-state index contributed by atoms with van der Waals surface area (Å²) in [5, 5.41) is 5.36. The van der Waals surface area contributed by atoms with Gasteiger partial charge in [-0.1, -0.05) is 55.8 Å². The number of aliphatic imine (C=N–C) groups is 1. The van der Waals surface area contributed by atoms with Gasteiger partial charge in [0.05, 0.1) is 5.39 Å². The third kappa shape index (κ3) is 5.84. The lowest BCUT2D eigenvalue weighted by molar-refractivity contribution is 0.112. The molecule has 8 heteroatoms. The molecule has 0 amide bonds. The Kier molecular flexibility index (Phi) is 10.1. The zero-order valence-electron chi connectivity index (χ0n) is 20.7. The molecule has 0 spiro atoms. The minimum Gasteiger partial charge on any atom is -0.382 e. The number of para-hydroxylation sites is 1. The molecule has 2 aromatic carbocycles. The number of anilines is 1. The zero-order chi connectivity index (χ0) is 26.7. The first kappa shape index (κ1) is 27.5. The minimum absolute atomic E-state index is 0.0518. The van der Waals surface area contributed by atoms with Crippen molar-refractivity contribution in [1.82, 2.24) is 14.3 Å². The van der Waals surface area contributed by atoms with Crippen LogP contribution < -0.4 is 17.0 Å². The number of terminal acetylenes is 1. The largest absolute Gasteiger partial charge is 0.382 e. The summed E-state index contributed by atoms with van der Waals surface area (Å²) in [6.07, 6.45) is 9.95. The summed E-state index contributed by atoms with van der Waals surface area (Å²) in [6, 6.07) is 17.4. The standard InChI is InChI=1S/C19H15NO.C8H10N4O.CH5N/c1-3-14-9-8-10-15-13-16(4-2)20(19(21)18(14)15)17-11-6-5-7-12-17;1-3-4-10-8-6(5-13)7(9)11-12(8)2;1-2/h1,5-13H,4H2,2H3;3-5H,1H2,2H3,(H2,9,11);2H2,1H3/b;10-4-;. The second-order valence-electron chi connectivity index (χ2n) is 7.26. The number of allylic oxidation sites excluding steroid dienone is 1. The van der Waals surface area contributed by atoms with Crippen molar-refractivity contribution in [1.29, 1.82) is 0 Å². The van der Waals surface area contributed by atoms with Gasteiger partial charge >= 0.3 is 0 Å². The first-order valence-electron chi connectivity index (χ1n) is 11.2. The van der Waals surface area contributed by atoms with Crippen molar-refractivity contribution < 1.29 is 4.79 Å². The molecule has 0 aliphatic rings. The van der Waals surface area contributed by atoms with Crippen LogP contribution in [0.3, 0.4) is 0 Å². The highest BCUT2D eigenvalue weighted by Gasteiger charge is 2.12. The van der Waals surface area contributed by atoms with E-state index in [1.165, 1.54) is 24.0 Å². The Labute approximate surface area is 210 Å². The van der Waals surface area contributed by atoms with Gasteiger partial charge in [-0.15, -0.1) is 6.42 Å². The van der Waals surface area contributed by atoms with Crippen LogP contribution >= 0.6 is 0 Å². The number of pyridine rings is 1. The third-order valence-electron chi connectivity index (χ3n) is 5.16. The van der Waals surface area contributed by atoms with Crippen LogP contribution in [0, 0.1) is 12.3 Å². The van der Waals surface area contributed by atoms with E-state index in [1.807, 2.05) is 61.5 Å². The lowest BCUT2D eigenvalue weighted by Gasteiger charge is -2.14. The Hall–Kier alpha value is -4.74. The Bertz CT molecular complexity index is 1470. The quantitative estimate of drug-likeness (QED) is 0.254. The molecule has 0 radical (unpaired) electrons. The predicted octanol–water partition coefficient (Wildman–Crippen LogP) is 3.81. The van der Waals surface area contributed by atoms with Gasteiger partial charge in [-0.3, -0.25) is 14.2 Å². The number of aldehydes is 1. The molecule has 4 aromatic rings. The van der Waals surface area contributed by atoms with Crippen molar-refractivity contribution in [3.8, 4) is 18.0 Å². The molecule has 8 nitrogen and oxygen atoms in total. The molecule has 36 heavy (non-hydrogen) atoms. The molecule has 4 N–H and O–H groups in total. The van der Waals surface area contributed by atoms with E-state index in [0.717, 1.165) is 23.2 Å². The van der Waals surface area contributed by atoms with Crippen molar-refractivity contribution >= 4 is 34.9 Å². The second kappa shape index (κ2) is 13.2. The fraction of sp³-hybridized carbons (Fsp3) is 0.143. The lowest BCUT2D eigenvalue weighted by Crippen LogP contribution is -2.22. The van der Waals surface area contributed by atoms with Gasteiger partial charge in [0.25, 0.3) is 5.56 Å². The fourth-order valence-corrected chi connectivity index (χ4v) is 3.60. The minimum atomic E-state index is -0.0518. The number of nitrogen functional groups attached to an aromatic ring is 1. The van der Waals surface area contributed by atoms with Crippen LogP contribution in [0.25, 0.3) is 16.5 Å². The van der Waals surface area contributed by atoms with Crippen molar-refractivity contribution in [3.63, 3.8) is 0 Å². The number of hydrogen-bond donors (Lipinski definition) is 2. The molecule has 0 saturated heterocycles. The molecule has 0 atom stereocenters. The van der Waals surface area contributed by atoms with Gasteiger partial charge in [0.15, 0.2) is 17.9 Å². The van der Waals surface area contributed by atoms with E-state index in [-0.39, 0.29) is 11.4 Å². The van der Waals surface area contributed by atoms with Crippen LogP contribution in [-0.2, 0) is 13.5 Å². The number of nitrogens with zero attached hydrogens (tertiary/aromatic N) is 4. The van der Waals surface area contributed by atoms with Gasteiger partial charge in [0, 0.05) is 30.2 Å². The number of aromatic nitrogens is 3. The van der Waals surface area contributed by atoms with E-state index < -0.39 is 0 Å². The topological polar surface area (TPSA) is 121 Å². The van der Waals surface area contributed by atoms with Gasteiger partial charge in [-0.2, -0.15) is 5.10 Å². The summed E-state index contributed by atoms with van der Waals surface area (Å²) in [4.78, 5) is 27.5. The van der Waals surface area contributed by atoms with Crippen LogP contribution in [0.2, 0.25) is 0 Å². The molecular formula is C28H30N6O2. The SMILES string of the molecule is C#Cc1cccc2cc(CC)n(-c3ccccc3)c(=O)c12.C=C/C=N\c1c(C=O)c(N)nn1C.CN. The van der Waals surface area contributed by atoms with Gasteiger partial charge in [-0.05, 0) is 43.1 Å². The molecule has 2 aromatic heterocycles. The number of aryl methyl sites for hydroxylation is 2. The van der Waals surface area contributed by atoms with Crippen LogP contribution in [0.5, 0.6) is 0 Å². The molecular weight excluding hydrogens is 452 g/mol. The number of nitrogens with two attached hydrogens (primary N) is 2. The normalized spacial score (nSPS) is 10.1. The van der Waals surface area contributed by atoms with Crippen molar-refractivity contribution in [2.75, 3.05) is 12.8 Å². The van der Waals surface area contributed by atoms with E-state index in [0.29, 0.717) is 28.6 Å². The second-order valence-corrected chi connectivity index (χ2v) is 7.26. The number of benzene rings is 2. The first-order valence-corrected chi connectivity index (χ1v) is 11.2. The van der Waals surface area contributed by atoms with Crippen molar-refractivity contribution in [2.24, 2.45) is 17.8 Å². The monoisotopic (exact) mass is 482 g/mol. The van der Waals surface area contributed by atoms with Crippen LogP contribution in [0.4, 0.5) is 11.6 Å². The van der Waals surface area contributed by atoms with E-state index in [4.69, 9.17) is 12.2 Å². The summed E-state index contributed by atoms with van der Waals surface area (Å²) in [5.74, 6) is 3.24. The molecule has 4 rings (SSSR count). The van der Waals surface area contributed by atoms with Crippen LogP contribution in [0.15, 0.2) is 77.0 Å². The Morgan fingerprint density at radius 2 is 1.86 bits per heavy atom. The van der Waals surface area contributed by atoms with E-state index >= 15 is 0 Å². The van der Waals surface area contributed by atoms with Crippen LogP contribution in [-0.4, -0.2) is 33.9 Å². The summed E-state index contributed by atoms with van der Waals surface area (Å²) < 4.78 is 3.20. The molecule has 0 aliphatic heterocycles. The molecule has 0 saturated carbocycles. The number of carbonyl (C=O) groups excluding carboxylic acids is 1. The molecule has 0 unspecified atom stereocenters. The molecule has 184 valence electrons. The number of hydrogen-bond acceptors (Lipinski definition) is 6. The van der Waals surface area contributed by atoms with Gasteiger partial charge in [0.1, 0.15) is 5.56 Å². The Morgan fingerprint density at radius 1 is 1.17 bits per heavy atom. The number of fused-ring (bicyclic) bond motifs is 1. The van der Waals surface area contributed by atoms with Gasteiger partial charge in [0.2, 0.25) is 0 Å². The average Bonchev–Trinajstić information content (AvgIpc) is 3.20. The predicted molar refractivity (Wildman–Crippen MR) is 148 cm³/mol. The fourth-order valence-electron chi connectivity index (χ4n) is 3.60. The summed E-state index contributed by atoms with van der Waals surface area (Å²) in [6.45, 7) is 5.52. The molecule has 0 fully saturated rings. The number of rotatable bonds is 5. The summed E-state index contributed by atoms with van der Waals surface area (Å²) in [5.41, 5.74) is 12.7. The van der Waals surface area contributed by atoms with E-state index in [9.17, 15) is 9.59 Å². The maximum absolute atomic E-state index is 13.0. The van der Waals surface area contributed by atoms with Gasteiger partial charge < -0.3 is 11.5 Å². The van der Waals surface area contributed by atoms with Gasteiger partial charge in [-0.25, -0.2) is 9.67 Å². The van der Waals surface area contributed by atoms with Crippen molar-refractivity contribution in [2.45, 2.75) is 13.3 Å². The van der Waals surface area contributed by atoms with Crippen LogP contribution in [0.1, 0.15) is 28.5 Å². The average molecular weight is 483 g/mol. The zero-order valence-corrected chi connectivity index (χ0v) is 20.7. The highest BCUT2D eigenvalue weighted by molar-refractivity contribution is 5.90. The Morgan fingerprint density at radius 3 is 2.44 bits per heavy atom. The van der Waals surface area contributed by atoms with Crippen molar-refractivity contribution in [3.05, 3.63) is 94.4 Å². The Balaban J connectivity index is 0.000000262. The maximum Gasteiger partial charge on any atom is 0.264 e. The number of carbonyl (C=O) groups is 1. The summed E-state index contributed by atoms with van der Waals surface area (Å²) in [7, 11) is 3.17. The lowest BCUT2D eigenvalue weighted by atomic mass is 10.0. The van der Waals surface area contributed by atoms with E-state index in [2.05, 4.69) is 28.3 Å². The highest BCUT2D eigenvalue weighted by Crippen LogP contribution is 2.21. The first-order chi connectivity index (χ1) is 17.5. The molecule has 0 bridgehead atoms. The third-order valence-corrected chi connectivity index (χ3v) is 5.16. The maximum atomic E-state index is 13.0. The molecule has 2 heterocycles. The molecule has 0 aliphatic carbocycles. The van der Waals surface area contributed by atoms with E-state index in [1.54, 1.807) is 11.6 Å². The highest BCUT2D eigenvalue weighted by atomic mass is 16.1. The smallest absolute Gasteiger partial charge is 0.264 e.